The summed E-state index contributed by atoms with van der Waals surface area (Å²) in [5.74, 6) is 2.45. The fraction of sp³-hybridized carbons (Fsp3) is 0.333. The molecule has 1 saturated carbocycles. The van der Waals surface area contributed by atoms with Crippen molar-refractivity contribution in [1.29, 1.82) is 5.26 Å². The van der Waals surface area contributed by atoms with E-state index >= 15 is 0 Å². The third kappa shape index (κ3) is 4.34. The average molecular weight is 405 g/mol. The lowest BCUT2D eigenvalue weighted by molar-refractivity contribution is 0.145. The number of methoxy groups -OCH3 is 1. The SMILES string of the molecule is COc1cccc(O[C@H]2CCC[C@H](N)C2)c1-c1cc(Nc2cnc(C#N)cn2)n[nH]1. The molecule has 0 bridgehead atoms. The van der Waals surface area contributed by atoms with Crippen LogP contribution in [0.3, 0.4) is 0 Å². The zero-order valence-electron chi connectivity index (χ0n) is 16.6. The molecule has 0 aliphatic heterocycles. The predicted molar refractivity (Wildman–Crippen MR) is 111 cm³/mol. The smallest absolute Gasteiger partial charge is 0.158 e. The number of rotatable bonds is 6. The van der Waals surface area contributed by atoms with Crippen LogP contribution in [-0.2, 0) is 0 Å². The molecular weight excluding hydrogens is 382 g/mol. The average Bonchev–Trinajstić information content (AvgIpc) is 3.22. The van der Waals surface area contributed by atoms with Gasteiger partial charge in [0.2, 0.25) is 0 Å². The van der Waals surface area contributed by atoms with E-state index in [1.54, 1.807) is 7.11 Å². The first kappa shape index (κ1) is 19.7. The lowest BCUT2D eigenvalue weighted by Crippen LogP contribution is -2.33. The van der Waals surface area contributed by atoms with E-state index in [0.717, 1.165) is 42.7 Å². The quantitative estimate of drug-likeness (QED) is 0.569. The number of aromatic amines is 1. The van der Waals surface area contributed by atoms with E-state index in [-0.39, 0.29) is 17.8 Å². The van der Waals surface area contributed by atoms with Gasteiger partial charge in [-0.2, -0.15) is 10.4 Å². The highest BCUT2D eigenvalue weighted by Gasteiger charge is 2.23. The molecule has 0 amide bonds. The first-order chi connectivity index (χ1) is 14.7. The van der Waals surface area contributed by atoms with Gasteiger partial charge in [-0.3, -0.25) is 5.10 Å². The van der Waals surface area contributed by atoms with Crippen LogP contribution < -0.4 is 20.5 Å². The van der Waals surface area contributed by atoms with Crippen LogP contribution >= 0.6 is 0 Å². The fourth-order valence-corrected chi connectivity index (χ4v) is 3.61. The largest absolute Gasteiger partial charge is 0.496 e. The number of nitrogens with zero attached hydrogens (tertiary/aromatic N) is 4. The van der Waals surface area contributed by atoms with E-state index in [2.05, 4.69) is 25.5 Å². The maximum absolute atomic E-state index is 8.83. The highest BCUT2D eigenvalue weighted by atomic mass is 16.5. The number of hydrogen-bond donors (Lipinski definition) is 3. The Morgan fingerprint density at radius 2 is 2.07 bits per heavy atom. The Kier molecular flexibility index (Phi) is 5.77. The lowest BCUT2D eigenvalue weighted by atomic mass is 9.93. The van der Waals surface area contributed by atoms with Crippen LogP contribution in [0, 0.1) is 11.3 Å². The van der Waals surface area contributed by atoms with Crippen molar-refractivity contribution in [3.63, 3.8) is 0 Å². The molecule has 0 radical (unpaired) electrons. The summed E-state index contributed by atoms with van der Waals surface area (Å²) >= 11 is 0. The van der Waals surface area contributed by atoms with Crippen molar-refractivity contribution in [1.82, 2.24) is 20.2 Å². The van der Waals surface area contributed by atoms with Crippen molar-refractivity contribution < 1.29 is 9.47 Å². The Labute approximate surface area is 174 Å². The molecule has 2 heterocycles. The van der Waals surface area contributed by atoms with Gasteiger partial charge in [0, 0.05) is 12.1 Å². The first-order valence-electron chi connectivity index (χ1n) is 9.80. The van der Waals surface area contributed by atoms with E-state index < -0.39 is 0 Å². The van der Waals surface area contributed by atoms with E-state index in [9.17, 15) is 0 Å². The van der Waals surface area contributed by atoms with E-state index in [0.29, 0.717) is 17.4 Å². The fourth-order valence-electron chi connectivity index (χ4n) is 3.61. The molecule has 2 atom stereocenters. The molecule has 154 valence electrons. The Hall–Kier alpha value is -3.64. The number of anilines is 2. The van der Waals surface area contributed by atoms with Crippen molar-refractivity contribution >= 4 is 11.6 Å². The number of aromatic nitrogens is 4. The van der Waals surface area contributed by atoms with Crippen LogP contribution in [0.25, 0.3) is 11.3 Å². The summed E-state index contributed by atoms with van der Waals surface area (Å²) in [5.41, 5.74) is 7.91. The Bertz CT molecular complexity index is 1040. The van der Waals surface area contributed by atoms with Crippen LogP contribution in [-0.4, -0.2) is 39.4 Å². The number of H-pyrrole nitrogens is 1. The van der Waals surface area contributed by atoms with Gasteiger partial charge in [-0.1, -0.05) is 6.07 Å². The van der Waals surface area contributed by atoms with Crippen LogP contribution in [0.15, 0.2) is 36.7 Å². The first-order valence-corrected chi connectivity index (χ1v) is 9.80. The molecule has 0 spiro atoms. The van der Waals surface area contributed by atoms with Crippen molar-refractivity contribution in [2.75, 3.05) is 12.4 Å². The number of hydrogen-bond acceptors (Lipinski definition) is 8. The molecule has 4 N–H and O–H groups in total. The lowest BCUT2D eigenvalue weighted by Gasteiger charge is -2.28. The molecule has 1 aromatic carbocycles. The molecular formula is C21H23N7O2. The molecule has 2 aromatic heterocycles. The third-order valence-corrected chi connectivity index (χ3v) is 5.04. The zero-order chi connectivity index (χ0) is 20.9. The van der Waals surface area contributed by atoms with E-state index in [1.165, 1.54) is 12.4 Å². The van der Waals surface area contributed by atoms with Gasteiger partial charge in [-0.25, -0.2) is 9.97 Å². The molecule has 0 saturated heterocycles. The normalized spacial score (nSPS) is 18.4. The minimum Gasteiger partial charge on any atom is -0.496 e. The summed E-state index contributed by atoms with van der Waals surface area (Å²) in [4.78, 5) is 8.15. The number of nitrogens with one attached hydrogen (secondary N) is 2. The minimum atomic E-state index is 0.0778. The second-order valence-electron chi connectivity index (χ2n) is 7.19. The zero-order valence-corrected chi connectivity index (χ0v) is 16.6. The summed E-state index contributed by atoms with van der Waals surface area (Å²) in [6, 6.07) is 9.68. The molecule has 1 fully saturated rings. The van der Waals surface area contributed by atoms with Crippen molar-refractivity contribution in [3.8, 4) is 28.8 Å². The van der Waals surface area contributed by atoms with Crippen LogP contribution in [0.2, 0.25) is 0 Å². The van der Waals surface area contributed by atoms with E-state index in [1.807, 2.05) is 30.3 Å². The van der Waals surface area contributed by atoms with Crippen LogP contribution in [0.1, 0.15) is 31.4 Å². The highest BCUT2D eigenvalue weighted by molar-refractivity contribution is 5.76. The van der Waals surface area contributed by atoms with Gasteiger partial charge < -0.3 is 20.5 Å². The number of nitrogens with two attached hydrogens (primary N) is 1. The third-order valence-electron chi connectivity index (χ3n) is 5.04. The molecule has 0 unspecified atom stereocenters. The topological polar surface area (TPSA) is 135 Å². The second kappa shape index (κ2) is 8.80. The molecule has 9 nitrogen and oxygen atoms in total. The van der Waals surface area contributed by atoms with Gasteiger partial charge in [0.05, 0.1) is 30.8 Å². The van der Waals surface area contributed by atoms with Gasteiger partial charge in [0.1, 0.15) is 29.5 Å². The molecule has 9 heteroatoms. The maximum atomic E-state index is 8.83. The summed E-state index contributed by atoms with van der Waals surface area (Å²) in [6.45, 7) is 0. The molecule has 3 aromatic rings. The van der Waals surface area contributed by atoms with Gasteiger partial charge in [-0.15, -0.1) is 0 Å². The van der Waals surface area contributed by atoms with Gasteiger partial charge in [0.25, 0.3) is 0 Å². The summed E-state index contributed by atoms with van der Waals surface area (Å²) in [7, 11) is 1.63. The molecule has 4 rings (SSSR count). The highest BCUT2D eigenvalue weighted by Crippen LogP contribution is 2.39. The monoisotopic (exact) mass is 405 g/mol. The van der Waals surface area contributed by atoms with Crippen LogP contribution in [0.4, 0.5) is 11.6 Å². The van der Waals surface area contributed by atoms with Gasteiger partial charge in [0.15, 0.2) is 11.5 Å². The standard InChI is InChI=1S/C21H23N7O2/c1-29-17-6-3-7-18(30-15-5-2-4-13(23)8-15)21(17)16-9-19(28-27-16)26-20-12-24-14(10-22)11-25-20/h3,6-7,9,11-13,15H,2,4-5,8,23H2,1H3,(H2,25,26,27,28)/t13-,15-/m0/s1. The van der Waals surface area contributed by atoms with Crippen molar-refractivity contribution in [2.45, 2.75) is 37.8 Å². The van der Waals surface area contributed by atoms with Gasteiger partial charge >= 0.3 is 0 Å². The molecule has 1 aliphatic carbocycles. The second-order valence-corrected chi connectivity index (χ2v) is 7.19. The Morgan fingerprint density at radius 3 is 2.80 bits per heavy atom. The molecule has 1 aliphatic rings. The van der Waals surface area contributed by atoms with Crippen molar-refractivity contribution in [3.05, 3.63) is 42.4 Å². The summed E-state index contributed by atoms with van der Waals surface area (Å²) in [6.07, 6.45) is 6.89. The number of ether oxygens (including phenoxy) is 2. The Morgan fingerprint density at radius 1 is 1.20 bits per heavy atom. The minimum absolute atomic E-state index is 0.0778. The number of benzene rings is 1. The predicted octanol–water partition coefficient (Wildman–Crippen LogP) is 3.14. The van der Waals surface area contributed by atoms with Crippen LogP contribution in [0.5, 0.6) is 11.5 Å². The summed E-state index contributed by atoms with van der Waals surface area (Å²) < 4.78 is 11.9. The van der Waals surface area contributed by atoms with Crippen molar-refractivity contribution in [2.24, 2.45) is 5.73 Å². The maximum Gasteiger partial charge on any atom is 0.158 e. The summed E-state index contributed by atoms with van der Waals surface area (Å²) in [5, 5.41) is 19.2. The van der Waals surface area contributed by atoms with Gasteiger partial charge in [-0.05, 0) is 37.8 Å². The van der Waals surface area contributed by atoms with E-state index in [4.69, 9.17) is 20.5 Å². The molecule has 30 heavy (non-hydrogen) atoms. The Balaban J connectivity index is 1.59. The number of nitriles is 1.